The first kappa shape index (κ1) is 36.5. The van der Waals surface area contributed by atoms with E-state index in [1.54, 1.807) is 0 Å². The molecule has 8 rings (SSSR count). The number of hydrogen-bond acceptors (Lipinski definition) is 0. The van der Waals surface area contributed by atoms with Crippen LogP contribution >= 0.6 is 0 Å². The minimum atomic E-state index is -0.711. The molecule has 7 aromatic carbocycles. The third-order valence-corrected chi connectivity index (χ3v) is 11.6. The molecule has 0 heteroatoms. The van der Waals surface area contributed by atoms with E-state index in [1.165, 1.54) is 72.0 Å². The Morgan fingerprint density at radius 1 is 0.679 bits per heavy atom. The van der Waals surface area contributed by atoms with Gasteiger partial charge in [0.15, 0.2) is 0 Å². The maximum atomic E-state index is 5.00. The van der Waals surface area contributed by atoms with Crippen molar-refractivity contribution in [1.29, 1.82) is 0 Å². The number of fused-ring (bicyclic) bond motifs is 2. The van der Waals surface area contributed by atoms with E-state index in [1.807, 2.05) is 0 Å². The van der Waals surface area contributed by atoms with Gasteiger partial charge in [-0.05, 0) is 121 Å². The molecular weight excluding hydrogens is 673 g/mol. The molecule has 0 radical (unpaired) electrons. The molecule has 0 spiro atoms. The topological polar surface area (TPSA) is 0 Å². The monoisotopic (exact) mass is 720 g/mol. The second kappa shape index (κ2) is 16.1. The zero-order chi connectivity index (χ0) is 38.5. The SMILES string of the molecule is C=C1/C=C\C=C/Cc2ccccc2C1(C(=C)c1ccccc1C)c1cccc(-c2cccc(/C(=C/Cc3cccc4ccccc34)c3ccccc3)c2)c1CC. The van der Waals surface area contributed by atoms with Gasteiger partial charge in [0.05, 0.1) is 5.41 Å². The molecule has 1 aliphatic rings. The molecule has 56 heavy (non-hydrogen) atoms. The Bertz CT molecular complexity index is 2660. The summed E-state index contributed by atoms with van der Waals surface area (Å²) in [5, 5.41) is 2.57. The Morgan fingerprint density at radius 3 is 2.23 bits per heavy atom. The molecular formula is C56H48. The van der Waals surface area contributed by atoms with E-state index in [0.29, 0.717) is 0 Å². The first-order valence-corrected chi connectivity index (χ1v) is 19.8. The molecule has 1 aliphatic carbocycles. The van der Waals surface area contributed by atoms with Crippen molar-refractivity contribution in [2.45, 2.75) is 38.5 Å². The highest BCUT2D eigenvalue weighted by atomic mass is 14.4. The number of hydrogen-bond donors (Lipinski definition) is 0. The van der Waals surface area contributed by atoms with Crippen LogP contribution in [0.25, 0.3) is 33.0 Å². The van der Waals surface area contributed by atoms with Crippen molar-refractivity contribution >= 4 is 21.9 Å². The van der Waals surface area contributed by atoms with Crippen LogP contribution in [0.2, 0.25) is 0 Å². The third-order valence-electron chi connectivity index (χ3n) is 11.6. The van der Waals surface area contributed by atoms with Crippen molar-refractivity contribution < 1.29 is 0 Å². The van der Waals surface area contributed by atoms with Gasteiger partial charge in [0.25, 0.3) is 0 Å². The summed E-state index contributed by atoms with van der Waals surface area (Å²) in [5.74, 6) is 0. The van der Waals surface area contributed by atoms with E-state index in [4.69, 9.17) is 13.2 Å². The predicted octanol–water partition coefficient (Wildman–Crippen LogP) is 14.3. The molecule has 0 fully saturated rings. The van der Waals surface area contributed by atoms with Crippen molar-refractivity contribution in [1.82, 2.24) is 0 Å². The zero-order valence-electron chi connectivity index (χ0n) is 32.5. The molecule has 0 N–H and O–H groups in total. The average Bonchev–Trinajstić information content (AvgIpc) is 3.31. The van der Waals surface area contributed by atoms with Crippen molar-refractivity contribution in [3.8, 4) is 11.1 Å². The molecule has 272 valence electrons. The molecule has 1 unspecified atom stereocenters. The lowest BCUT2D eigenvalue weighted by molar-refractivity contribution is 0.777. The Kier molecular flexibility index (Phi) is 10.5. The van der Waals surface area contributed by atoms with Crippen molar-refractivity contribution in [3.05, 3.63) is 263 Å². The van der Waals surface area contributed by atoms with Gasteiger partial charge in [-0.3, -0.25) is 0 Å². The summed E-state index contributed by atoms with van der Waals surface area (Å²) in [7, 11) is 0. The van der Waals surface area contributed by atoms with Gasteiger partial charge in [-0.2, -0.15) is 0 Å². The van der Waals surface area contributed by atoms with Gasteiger partial charge in [-0.1, -0.05) is 208 Å². The van der Waals surface area contributed by atoms with Crippen LogP contribution in [0.5, 0.6) is 0 Å². The fraction of sp³-hybridized carbons (Fsp3) is 0.107. The van der Waals surface area contributed by atoms with E-state index >= 15 is 0 Å². The molecule has 0 aliphatic heterocycles. The highest BCUT2D eigenvalue weighted by Gasteiger charge is 2.43. The fourth-order valence-electron chi connectivity index (χ4n) is 8.90. The average molecular weight is 721 g/mol. The Labute approximate surface area is 333 Å². The summed E-state index contributed by atoms with van der Waals surface area (Å²) in [6.45, 7) is 14.4. The first-order chi connectivity index (χ1) is 27.5. The minimum Gasteiger partial charge on any atom is -0.0942 e. The van der Waals surface area contributed by atoms with Gasteiger partial charge in [-0.25, -0.2) is 0 Å². The molecule has 0 saturated heterocycles. The molecule has 0 heterocycles. The molecule has 0 amide bonds. The summed E-state index contributed by atoms with van der Waals surface area (Å²) in [4.78, 5) is 0. The van der Waals surface area contributed by atoms with Crippen LogP contribution in [0.15, 0.2) is 213 Å². The summed E-state index contributed by atoms with van der Waals surface area (Å²) in [6.07, 6.45) is 13.6. The number of rotatable bonds is 9. The Balaban J connectivity index is 1.33. The summed E-state index contributed by atoms with van der Waals surface area (Å²) >= 11 is 0. The van der Waals surface area contributed by atoms with E-state index < -0.39 is 5.41 Å². The van der Waals surface area contributed by atoms with Crippen LogP contribution in [0.4, 0.5) is 0 Å². The van der Waals surface area contributed by atoms with Gasteiger partial charge in [0, 0.05) is 0 Å². The molecule has 1 atom stereocenters. The van der Waals surface area contributed by atoms with E-state index in [2.05, 4.69) is 208 Å². The lowest BCUT2D eigenvalue weighted by atomic mass is 9.60. The number of benzene rings is 7. The normalized spacial score (nSPS) is 16.7. The van der Waals surface area contributed by atoms with E-state index in [0.717, 1.165) is 36.0 Å². The Morgan fingerprint density at radius 2 is 1.38 bits per heavy atom. The molecule has 7 aromatic rings. The van der Waals surface area contributed by atoms with E-state index in [9.17, 15) is 0 Å². The second-order valence-corrected chi connectivity index (χ2v) is 14.8. The smallest absolute Gasteiger partial charge is 0.0701 e. The molecule has 0 saturated carbocycles. The maximum absolute atomic E-state index is 5.00. The zero-order valence-corrected chi connectivity index (χ0v) is 32.5. The van der Waals surface area contributed by atoms with Crippen molar-refractivity contribution in [2.24, 2.45) is 0 Å². The molecule has 0 bridgehead atoms. The molecule has 0 nitrogen and oxygen atoms in total. The van der Waals surface area contributed by atoms with Crippen molar-refractivity contribution in [2.75, 3.05) is 0 Å². The lowest BCUT2D eigenvalue weighted by Gasteiger charge is -2.42. The number of aryl methyl sites for hydroxylation is 1. The van der Waals surface area contributed by atoms with Gasteiger partial charge in [0.2, 0.25) is 0 Å². The van der Waals surface area contributed by atoms with Gasteiger partial charge in [0.1, 0.15) is 0 Å². The standard InChI is InChI=1S/C56H48/c1-5-49-53(48-31-19-30-47(39-48)52(43-23-9-7-10-24-43)38-37-45-29-18-28-44-25-13-16-33-51(44)45)34-20-36-55(49)56(42(4)50-32-15-12-21-40(50)2)41(3)22-8-6-11-26-46-27-14-17-35-54(46)56/h6-25,27-36,38-39H,3-5,26,37H2,1-2H3/b11-6-,22-8-,52-38+. The predicted molar refractivity (Wildman–Crippen MR) is 241 cm³/mol. The second-order valence-electron chi connectivity index (χ2n) is 14.8. The van der Waals surface area contributed by atoms with E-state index in [-0.39, 0.29) is 0 Å². The highest BCUT2D eigenvalue weighted by Crippen LogP contribution is 2.53. The fourth-order valence-corrected chi connectivity index (χ4v) is 8.90. The largest absolute Gasteiger partial charge is 0.0942 e. The summed E-state index contributed by atoms with van der Waals surface area (Å²) < 4.78 is 0. The summed E-state index contributed by atoms with van der Waals surface area (Å²) in [6, 6.07) is 59.7. The van der Waals surface area contributed by atoms with Crippen LogP contribution < -0.4 is 0 Å². The van der Waals surface area contributed by atoms with Gasteiger partial charge in [-0.15, -0.1) is 0 Å². The Hall–Kier alpha value is -6.50. The summed E-state index contributed by atoms with van der Waals surface area (Å²) in [5.41, 5.74) is 16.1. The quantitative estimate of drug-likeness (QED) is 0.139. The van der Waals surface area contributed by atoms with Crippen LogP contribution in [0.3, 0.4) is 0 Å². The highest BCUT2D eigenvalue weighted by molar-refractivity contribution is 5.89. The lowest BCUT2D eigenvalue weighted by Crippen LogP contribution is -2.33. The maximum Gasteiger partial charge on any atom is 0.0701 e. The third kappa shape index (κ3) is 6.73. The molecule has 0 aromatic heterocycles. The van der Waals surface area contributed by atoms with Gasteiger partial charge >= 0.3 is 0 Å². The van der Waals surface area contributed by atoms with Crippen LogP contribution in [-0.4, -0.2) is 0 Å². The van der Waals surface area contributed by atoms with Gasteiger partial charge < -0.3 is 0 Å². The van der Waals surface area contributed by atoms with Crippen LogP contribution in [0, 0.1) is 6.92 Å². The van der Waals surface area contributed by atoms with Crippen LogP contribution in [-0.2, 0) is 24.7 Å². The van der Waals surface area contributed by atoms with Crippen molar-refractivity contribution in [3.63, 3.8) is 0 Å². The number of allylic oxidation sites excluding steroid dienone is 7. The minimum absolute atomic E-state index is 0.711. The van der Waals surface area contributed by atoms with Crippen LogP contribution in [0.1, 0.15) is 57.0 Å². The first-order valence-electron chi connectivity index (χ1n) is 19.8.